The third kappa shape index (κ3) is 9.05. The maximum absolute atomic E-state index is 16.2. The van der Waals surface area contributed by atoms with E-state index >= 15 is 8.78 Å². The molecule has 0 bridgehead atoms. The molecule has 2 aromatic heterocycles. The minimum atomic E-state index is -3.00. The number of phenolic OH excluding ortho intramolecular Hbond substituents is 1. The Morgan fingerprint density at radius 1 is 1.00 bits per heavy atom. The average molecular weight is 864 g/mol. The number of alkyl halides is 2. The molecule has 0 aliphatic carbocycles. The lowest BCUT2D eigenvalue weighted by atomic mass is 9.93. The van der Waals surface area contributed by atoms with Crippen LogP contribution in [0.1, 0.15) is 65.0 Å². The van der Waals surface area contributed by atoms with Gasteiger partial charge in [-0.3, -0.25) is 19.3 Å². The first-order valence-corrected chi connectivity index (χ1v) is 21.7. The van der Waals surface area contributed by atoms with Gasteiger partial charge < -0.3 is 40.2 Å². The fourth-order valence-electron chi connectivity index (χ4n) is 9.64. The van der Waals surface area contributed by atoms with Crippen LogP contribution in [0.3, 0.4) is 0 Å². The summed E-state index contributed by atoms with van der Waals surface area (Å²) in [5, 5.41) is 22.1. The van der Waals surface area contributed by atoms with Crippen LogP contribution in [0.25, 0.3) is 22.2 Å². The SMILES string of the molecule is CNC(=O)CCN(C=O)c1cccc2c1cc(C)n2C1CCN(CC2CCN(C(=O)c3ccc(C4CN(c5cc(-c6ccccc6O)nnc5N)CCO4)c(C)c3)CC2)CC1(F)F. The first-order chi connectivity index (χ1) is 30.3. The van der Waals surface area contributed by atoms with Crippen molar-refractivity contribution in [2.45, 2.75) is 57.6 Å². The van der Waals surface area contributed by atoms with Crippen LogP contribution in [0.4, 0.5) is 26.0 Å². The predicted molar refractivity (Wildman–Crippen MR) is 238 cm³/mol. The number of ether oxygens (including phenoxy) is 1. The quantitative estimate of drug-likeness (QED) is 0.125. The van der Waals surface area contributed by atoms with Gasteiger partial charge in [0.15, 0.2) is 5.82 Å². The monoisotopic (exact) mass is 863 g/mol. The van der Waals surface area contributed by atoms with Crippen LogP contribution in [0.5, 0.6) is 5.75 Å². The maximum Gasteiger partial charge on any atom is 0.280 e. The van der Waals surface area contributed by atoms with Crippen LogP contribution in [0, 0.1) is 19.8 Å². The molecule has 0 radical (unpaired) electrons. The summed E-state index contributed by atoms with van der Waals surface area (Å²) in [7, 11) is 1.54. The molecule has 3 fully saturated rings. The smallest absolute Gasteiger partial charge is 0.280 e. The Labute approximate surface area is 365 Å². The molecule has 0 spiro atoms. The van der Waals surface area contributed by atoms with Crippen molar-refractivity contribution in [1.29, 1.82) is 0 Å². The summed E-state index contributed by atoms with van der Waals surface area (Å²) in [6.07, 6.45) is 2.25. The molecule has 3 aliphatic rings. The molecule has 8 rings (SSSR count). The minimum absolute atomic E-state index is 0.0471. The average Bonchev–Trinajstić information content (AvgIpc) is 3.62. The van der Waals surface area contributed by atoms with E-state index in [0.717, 1.165) is 24.0 Å². The van der Waals surface area contributed by atoms with Crippen molar-refractivity contribution < 1.29 is 33.0 Å². The normalized spacial score (nSPS) is 19.6. The number of rotatable bonds is 12. The van der Waals surface area contributed by atoms with E-state index < -0.39 is 12.0 Å². The summed E-state index contributed by atoms with van der Waals surface area (Å²) >= 11 is 0. The number of aromatic hydroxyl groups is 1. The summed E-state index contributed by atoms with van der Waals surface area (Å²) in [4.78, 5) is 45.0. The van der Waals surface area contributed by atoms with Crippen LogP contribution in [-0.4, -0.2) is 120 Å². The molecule has 5 heterocycles. The first-order valence-electron chi connectivity index (χ1n) is 21.7. The molecule has 4 N–H and O–H groups in total. The molecule has 14 nitrogen and oxygen atoms in total. The Morgan fingerprint density at radius 3 is 2.52 bits per heavy atom. The molecule has 16 heteroatoms. The van der Waals surface area contributed by atoms with Crippen molar-refractivity contribution in [2.24, 2.45) is 5.92 Å². The second-order valence-electron chi connectivity index (χ2n) is 17.0. The number of anilines is 3. The van der Waals surface area contributed by atoms with Gasteiger partial charge in [0.2, 0.25) is 12.3 Å². The molecule has 0 saturated carbocycles. The molecule has 63 heavy (non-hydrogen) atoms. The highest BCUT2D eigenvalue weighted by Gasteiger charge is 2.47. The number of fused-ring (bicyclic) bond motifs is 1. The fourth-order valence-corrected chi connectivity index (χ4v) is 9.64. The van der Waals surface area contributed by atoms with E-state index in [2.05, 4.69) is 20.4 Å². The first kappa shape index (κ1) is 43.5. The van der Waals surface area contributed by atoms with Gasteiger partial charge in [-0.25, -0.2) is 8.78 Å². The Bertz CT molecular complexity index is 2490. The molecule has 2 unspecified atom stereocenters. The van der Waals surface area contributed by atoms with Crippen molar-refractivity contribution >= 4 is 46.3 Å². The number of aromatic nitrogens is 3. The van der Waals surface area contributed by atoms with Crippen LogP contribution < -0.4 is 20.9 Å². The number of amides is 3. The van der Waals surface area contributed by atoms with Crippen LogP contribution in [0.15, 0.2) is 72.8 Å². The summed E-state index contributed by atoms with van der Waals surface area (Å²) in [6, 6.07) is 20.7. The lowest BCUT2D eigenvalue weighted by molar-refractivity contribution is -0.120. The van der Waals surface area contributed by atoms with E-state index in [1.807, 2.05) is 66.1 Å². The number of para-hydroxylation sites is 1. The van der Waals surface area contributed by atoms with Crippen molar-refractivity contribution in [3.63, 3.8) is 0 Å². The second kappa shape index (κ2) is 18.3. The van der Waals surface area contributed by atoms with Gasteiger partial charge >= 0.3 is 0 Å². The summed E-state index contributed by atoms with van der Waals surface area (Å²) < 4.78 is 40.3. The largest absolute Gasteiger partial charge is 0.507 e. The number of phenols is 1. The third-order valence-electron chi connectivity index (χ3n) is 13.0. The molecule has 3 aliphatic heterocycles. The molecule has 5 aromatic rings. The molecule has 3 aromatic carbocycles. The Balaban J connectivity index is 0.860. The maximum atomic E-state index is 16.2. The Hall–Kier alpha value is -6.13. The van der Waals surface area contributed by atoms with Gasteiger partial charge in [-0.05, 0) is 98.7 Å². The highest BCUT2D eigenvalue weighted by molar-refractivity contribution is 5.98. The zero-order valence-electron chi connectivity index (χ0n) is 36.0. The number of nitrogens with one attached hydrogen (secondary N) is 1. The molecule has 332 valence electrons. The summed E-state index contributed by atoms with van der Waals surface area (Å²) in [5.41, 5.74) is 12.5. The van der Waals surface area contributed by atoms with E-state index in [4.69, 9.17) is 10.5 Å². The number of likely N-dealkylation sites (tertiary alicyclic amines) is 2. The number of hydrogen-bond donors (Lipinski definition) is 3. The second-order valence-corrected chi connectivity index (χ2v) is 17.0. The molecule has 3 amide bonds. The van der Waals surface area contributed by atoms with Gasteiger partial charge in [0.25, 0.3) is 11.8 Å². The Kier molecular flexibility index (Phi) is 12.6. The minimum Gasteiger partial charge on any atom is -0.507 e. The van der Waals surface area contributed by atoms with E-state index in [1.165, 1.54) is 11.9 Å². The zero-order valence-corrected chi connectivity index (χ0v) is 36.0. The number of nitrogens with zero attached hydrogens (tertiary/aromatic N) is 7. The van der Waals surface area contributed by atoms with Gasteiger partial charge in [-0.2, -0.15) is 0 Å². The van der Waals surface area contributed by atoms with E-state index in [-0.39, 0.29) is 61.3 Å². The predicted octanol–water partition coefficient (Wildman–Crippen LogP) is 6.11. The fraction of sp³-hybridized carbons (Fsp3) is 0.426. The zero-order chi connectivity index (χ0) is 44.4. The summed E-state index contributed by atoms with van der Waals surface area (Å²) in [6.45, 7) is 7.35. The van der Waals surface area contributed by atoms with Gasteiger partial charge in [0.05, 0.1) is 35.7 Å². The van der Waals surface area contributed by atoms with Crippen LogP contribution >= 0.6 is 0 Å². The number of aryl methyl sites for hydroxylation is 2. The standard InChI is InChI=1S/C47H55F2N9O5/c1-30-23-33(11-12-34(30)42-27-56(21-22-63-42)40-25-37(52-53-45(40)50)35-7-4-5-10-41(35)60)46(62)55-18-13-32(14-19-55)26-54-17-15-43(47(48,49)28-54)58-31(2)24-36-38(8-6-9-39(36)58)57(29-59)20-16-44(61)51-3/h4-12,23-25,29,32,42-43,60H,13-22,26-28H2,1-3H3,(H2,50,53)(H,51,61). The third-order valence-corrected chi connectivity index (χ3v) is 13.0. The van der Waals surface area contributed by atoms with E-state index in [1.54, 1.807) is 34.9 Å². The summed E-state index contributed by atoms with van der Waals surface area (Å²) in [5.74, 6) is -2.66. The number of hydrogen-bond acceptors (Lipinski definition) is 10. The highest BCUT2D eigenvalue weighted by Crippen LogP contribution is 2.42. The van der Waals surface area contributed by atoms with Gasteiger partial charge in [0.1, 0.15) is 17.9 Å². The highest BCUT2D eigenvalue weighted by atomic mass is 19.3. The van der Waals surface area contributed by atoms with Crippen LogP contribution in [0.2, 0.25) is 0 Å². The van der Waals surface area contributed by atoms with Crippen molar-refractivity contribution in [2.75, 3.05) is 81.5 Å². The number of nitrogen functional groups attached to an aromatic ring is 1. The molecular formula is C47H55F2N9O5. The number of carbonyl (C=O) groups excluding carboxylic acids is 3. The Morgan fingerprint density at radius 2 is 1.79 bits per heavy atom. The lowest BCUT2D eigenvalue weighted by Crippen LogP contribution is -2.51. The number of morpholine rings is 1. The van der Waals surface area contributed by atoms with Gasteiger partial charge in [-0.1, -0.05) is 24.3 Å². The van der Waals surface area contributed by atoms with Crippen molar-refractivity contribution in [3.05, 3.63) is 95.2 Å². The molecule has 3 saturated heterocycles. The van der Waals surface area contributed by atoms with E-state index in [0.29, 0.717) is 97.1 Å². The lowest BCUT2D eigenvalue weighted by Gasteiger charge is -2.42. The number of piperidine rings is 2. The van der Waals surface area contributed by atoms with Crippen molar-refractivity contribution in [1.82, 2.24) is 29.9 Å². The van der Waals surface area contributed by atoms with E-state index in [9.17, 15) is 19.5 Å². The number of carbonyl (C=O) groups is 3. The van der Waals surface area contributed by atoms with Crippen LogP contribution in [-0.2, 0) is 14.3 Å². The number of nitrogens with two attached hydrogens (primary N) is 1. The van der Waals surface area contributed by atoms with Gasteiger partial charge in [0, 0.05) is 81.5 Å². The number of benzene rings is 3. The topological polar surface area (TPSA) is 162 Å². The molecular weight excluding hydrogens is 809 g/mol. The van der Waals surface area contributed by atoms with Gasteiger partial charge in [-0.15, -0.1) is 10.2 Å². The number of halogens is 2. The molecule has 2 atom stereocenters. The van der Waals surface area contributed by atoms with Crippen molar-refractivity contribution in [3.8, 4) is 17.0 Å².